The van der Waals surface area contributed by atoms with Crippen LogP contribution in [0.5, 0.6) is 0 Å². The van der Waals surface area contributed by atoms with Gasteiger partial charge in [-0.2, -0.15) is 11.3 Å². The predicted octanol–water partition coefficient (Wildman–Crippen LogP) is 13.6. The van der Waals surface area contributed by atoms with Gasteiger partial charge in [-0.15, -0.1) is 18.2 Å². The molecule has 0 fully saturated rings. The molecule has 0 atom stereocenters. The first kappa shape index (κ1) is 37.5. The number of imidazole rings is 1. The summed E-state index contributed by atoms with van der Waals surface area (Å²) in [6.07, 6.45) is 1.89. The smallest absolute Gasteiger partial charge is 0 e. The second-order valence-corrected chi connectivity index (χ2v) is 27.9. The quantitative estimate of drug-likeness (QED) is 0.118. The van der Waals surface area contributed by atoms with Gasteiger partial charge >= 0.3 is 104 Å². The number of thiophene rings is 1. The minimum Gasteiger partial charge on any atom is 0 e. The molecule has 0 amide bonds. The zero-order chi connectivity index (χ0) is 42.5. The molecule has 9 aromatic rings. The van der Waals surface area contributed by atoms with Crippen LogP contribution in [0, 0.1) is 19.1 Å². The van der Waals surface area contributed by atoms with E-state index in [0.29, 0.717) is 23.1 Å². The molecule has 0 aliphatic rings. The van der Waals surface area contributed by atoms with Gasteiger partial charge < -0.3 is 4.57 Å². The fourth-order valence-electron chi connectivity index (χ4n) is 7.33. The third-order valence-corrected chi connectivity index (χ3v) is 15.8. The van der Waals surface area contributed by atoms with Gasteiger partial charge in [0.15, 0.2) is 0 Å². The molecule has 4 nitrogen and oxygen atoms in total. The Labute approximate surface area is 367 Å². The second kappa shape index (κ2) is 17.2. The van der Waals surface area contributed by atoms with Crippen LogP contribution in [0.2, 0.25) is 17.3 Å². The molecule has 4 aromatic heterocycles. The zero-order valence-electron chi connectivity index (χ0n) is 37.2. The number of nitrogens with zero attached hydrogens (tertiary/aromatic N) is 4. The van der Waals surface area contributed by atoms with Crippen molar-refractivity contribution in [3.63, 3.8) is 0 Å². The van der Waals surface area contributed by atoms with E-state index < -0.39 is 13.3 Å². The Morgan fingerprint density at radius 1 is 0.741 bits per heavy atom. The first-order valence-electron chi connectivity index (χ1n) is 21.1. The van der Waals surface area contributed by atoms with Crippen molar-refractivity contribution in [2.75, 3.05) is 0 Å². The molecular formula is C51H48GeIrN4S-2. The normalized spacial score (nSPS) is 12.3. The molecule has 4 heterocycles. The van der Waals surface area contributed by atoms with E-state index in [4.69, 9.17) is 14.1 Å². The van der Waals surface area contributed by atoms with E-state index in [-0.39, 0.29) is 38.2 Å². The number of fused-ring (bicyclic) bond motifs is 4. The first-order chi connectivity index (χ1) is 28.7. The molecule has 0 bridgehead atoms. The predicted molar refractivity (Wildman–Crippen MR) is 246 cm³/mol. The van der Waals surface area contributed by atoms with E-state index in [1.165, 1.54) is 47.8 Å². The van der Waals surface area contributed by atoms with Crippen LogP contribution < -0.4 is 4.40 Å². The minimum absolute atomic E-state index is 0. The van der Waals surface area contributed by atoms with Crippen LogP contribution >= 0.6 is 11.3 Å². The summed E-state index contributed by atoms with van der Waals surface area (Å²) in [6.45, 7) is 11.2. The average molecular weight is 1020 g/mol. The standard InChI is InChI=1S/C37H32N3S.C14H16GeN.Ir/c1-22(2)30-20-26(25-12-7-6-8-13-25)21-31(23(3)4)34(30)40-33-17-10-9-16-32(33)39-36(40)29-15-11-14-27-28-19-18-24(5)38-37(28)41-35(27)29;1-15(2,3)13-9-10-14(16-11-13)12-7-5-4-6-8-12;/h6-14,16-23H,1-5H3;4-7,9-11H,1-3H3;/q2*-1;/i;4D,5D,6D;. The van der Waals surface area contributed by atoms with Crippen molar-refractivity contribution in [1.29, 1.82) is 0 Å². The average Bonchev–Trinajstić information content (AvgIpc) is 3.80. The van der Waals surface area contributed by atoms with E-state index >= 15 is 0 Å². The van der Waals surface area contributed by atoms with Crippen LogP contribution in [0.1, 0.15) is 60.5 Å². The van der Waals surface area contributed by atoms with Crippen LogP contribution in [0.25, 0.3) is 70.8 Å². The minimum atomic E-state index is -1.86. The van der Waals surface area contributed by atoms with Crippen molar-refractivity contribution in [3.05, 3.63) is 162 Å². The molecule has 0 saturated carbocycles. The van der Waals surface area contributed by atoms with E-state index in [1.54, 1.807) is 17.4 Å². The maximum absolute atomic E-state index is 7.65. The molecule has 0 aliphatic heterocycles. The van der Waals surface area contributed by atoms with Gasteiger partial charge in [0.2, 0.25) is 0 Å². The number of benzene rings is 5. The Hall–Kier alpha value is -4.72. The van der Waals surface area contributed by atoms with Crippen molar-refractivity contribution in [2.24, 2.45) is 0 Å². The van der Waals surface area contributed by atoms with Gasteiger partial charge in [0, 0.05) is 31.5 Å². The molecule has 0 aliphatic carbocycles. The number of hydrogen-bond donors (Lipinski definition) is 0. The van der Waals surface area contributed by atoms with E-state index in [1.807, 2.05) is 18.3 Å². The maximum atomic E-state index is 7.65. The second-order valence-electron chi connectivity index (χ2n) is 16.2. The number of aryl methyl sites for hydroxylation is 1. The number of rotatable bonds is 7. The monoisotopic (exact) mass is 1020 g/mol. The van der Waals surface area contributed by atoms with Crippen molar-refractivity contribution in [1.82, 2.24) is 19.5 Å². The molecule has 0 unspecified atom stereocenters. The van der Waals surface area contributed by atoms with Gasteiger partial charge in [0.25, 0.3) is 0 Å². The largest absolute Gasteiger partial charge is 0 e. The summed E-state index contributed by atoms with van der Waals surface area (Å²) in [5.41, 5.74) is 11.8. The SMILES string of the molecule is Cc1ccc2c(n1)sc1c(-c3nc4ccccc4n3-c3c(C(C)C)cc(-c4ccccc4)cc3C(C)C)[c-]ccc12.[2H]c1[c-]c(-c2cc[c]([Ge]([CH3])([CH3])[CH3])cn2)cc([2H])c1[2H].[Ir]. The number of hydrogen-bond acceptors (Lipinski definition) is 4. The molecule has 5 aromatic carbocycles. The molecular weight excluding hydrogens is 965 g/mol. The van der Waals surface area contributed by atoms with Crippen molar-refractivity contribution in [3.8, 4) is 39.5 Å². The molecule has 7 heteroatoms. The van der Waals surface area contributed by atoms with Crippen molar-refractivity contribution < 1.29 is 24.2 Å². The Bertz CT molecular complexity index is 2970. The Morgan fingerprint density at radius 2 is 1.47 bits per heavy atom. The van der Waals surface area contributed by atoms with Gasteiger partial charge in [-0.25, -0.2) is 4.98 Å². The fourth-order valence-corrected chi connectivity index (χ4v) is 10.7. The third kappa shape index (κ3) is 8.26. The molecule has 293 valence electrons. The Kier molecular flexibility index (Phi) is 11.2. The van der Waals surface area contributed by atoms with Crippen molar-refractivity contribution >= 4 is 60.3 Å². The number of pyridine rings is 2. The zero-order valence-corrected chi connectivity index (χ0v) is 39.5. The summed E-state index contributed by atoms with van der Waals surface area (Å²) in [5, 5.41) is 2.39. The van der Waals surface area contributed by atoms with Crippen LogP contribution in [0.15, 0.2) is 134 Å². The molecule has 1 radical (unpaired) electrons. The third-order valence-electron chi connectivity index (χ3n) is 10.4. The summed E-state index contributed by atoms with van der Waals surface area (Å²) >= 11 is -0.121. The topological polar surface area (TPSA) is 43.6 Å². The molecule has 9 rings (SSSR count). The Balaban J connectivity index is 0.000000237. The number of aromatic nitrogens is 4. The van der Waals surface area contributed by atoms with Gasteiger partial charge in [0.05, 0.1) is 16.9 Å². The summed E-state index contributed by atoms with van der Waals surface area (Å²) in [5.74, 6) is 8.48. The molecule has 0 N–H and O–H groups in total. The summed E-state index contributed by atoms with van der Waals surface area (Å²) in [4.78, 5) is 15.6. The molecule has 0 spiro atoms. The molecule has 0 saturated heterocycles. The van der Waals surface area contributed by atoms with Gasteiger partial charge in [0.1, 0.15) is 4.83 Å². The Morgan fingerprint density at radius 3 is 2.14 bits per heavy atom. The van der Waals surface area contributed by atoms with Crippen LogP contribution in [-0.4, -0.2) is 32.8 Å². The fraction of sp³-hybridized carbons (Fsp3) is 0.196. The van der Waals surface area contributed by atoms with Crippen molar-refractivity contribution in [2.45, 2.75) is 63.7 Å². The van der Waals surface area contributed by atoms with Crippen LogP contribution in [-0.2, 0) is 20.1 Å². The van der Waals surface area contributed by atoms with Gasteiger partial charge in [-0.05, 0) is 81.4 Å². The van der Waals surface area contributed by atoms with Crippen LogP contribution in [0.3, 0.4) is 0 Å². The van der Waals surface area contributed by atoms with Crippen LogP contribution in [0.4, 0.5) is 0 Å². The van der Waals surface area contributed by atoms with E-state index in [0.717, 1.165) is 32.9 Å². The first-order valence-corrected chi connectivity index (χ1v) is 27.7. The summed E-state index contributed by atoms with van der Waals surface area (Å²) in [7, 11) is 0. The summed E-state index contributed by atoms with van der Waals surface area (Å²) in [6, 6.07) is 44.3. The number of para-hydroxylation sites is 2. The molecule has 58 heavy (non-hydrogen) atoms. The summed E-state index contributed by atoms with van der Waals surface area (Å²) < 4.78 is 27.7. The van der Waals surface area contributed by atoms with Gasteiger partial charge in [-0.1, -0.05) is 87.2 Å². The van der Waals surface area contributed by atoms with E-state index in [9.17, 15) is 0 Å². The van der Waals surface area contributed by atoms with Gasteiger partial charge in [-0.3, -0.25) is 4.98 Å². The van der Waals surface area contributed by atoms with E-state index in [2.05, 4.69) is 165 Å². The maximum Gasteiger partial charge on any atom is 0 e.